The van der Waals surface area contributed by atoms with Crippen LogP contribution in [0.2, 0.25) is 0 Å². The van der Waals surface area contributed by atoms with Crippen LogP contribution in [-0.4, -0.2) is 50.4 Å². The maximum absolute atomic E-state index is 12.8. The van der Waals surface area contributed by atoms with Crippen LogP contribution < -0.4 is 10.2 Å². The lowest BCUT2D eigenvalue weighted by molar-refractivity contribution is -0.121. The van der Waals surface area contributed by atoms with E-state index in [1.165, 1.54) is 0 Å². The molecule has 1 amide bonds. The minimum atomic E-state index is -3.45. The highest BCUT2D eigenvalue weighted by atomic mass is 32.2. The molecule has 8 heteroatoms. The summed E-state index contributed by atoms with van der Waals surface area (Å²) in [4.78, 5) is 14.8. The number of nitrogens with zero attached hydrogens (tertiary/aromatic N) is 3. The summed E-state index contributed by atoms with van der Waals surface area (Å²) in [5, 5.41) is 3.76. The van der Waals surface area contributed by atoms with E-state index in [1.54, 1.807) is 22.5 Å². The fraction of sp³-hybridized carbons (Fsp3) is 0.348. The highest BCUT2D eigenvalue weighted by Gasteiger charge is 2.27. The largest absolute Gasteiger partial charge is 0.378 e. The van der Waals surface area contributed by atoms with E-state index in [-0.39, 0.29) is 12.5 Å². The zero-order valence-corrected chi connectivity index (χ0v) is 18.7. The van der Waals surface area contributed by atoms with Gasteiger partial charge in [0.25, 0.3) is 0 Å². The van der Waals surface area contributed by atoms with Gasteiger partial charge in [0.15, 0.2) is 0 Å². The van der Waals surface area contributed by atoms with E-state index >= 15 is 0 Å². The van der Waals surface area contributed by atoms with Crippen molar-refractivity contribution in [3.8, 4) is 0 Å². The molecule has 1 fully saturated rings. The van der Waals surface area contributed by atoms with Gasteiger partial charge in [-0.05, 0) is 54.8 Å². The van der Waals surface area contributed by atoms with E-state index in [0.717, 1.165) is 35.0 Å². The molecule has 2 aromatic carbocycles. The zero-order valence-electron chi connectivity index (χ0n) is 17.9. The second-order valence-corrected chi connectivity index (χ2v) is 10.1. The van der Waals surface area contributed by atoms with Crippen LogP contribution in [0.1, 0.15) is 18.4 Å². The molecule has 0 unspecified atom stereocenters. The van der Waals surface area contributed by atoms with Crippen LogP contribution >= 0.6 is 0 Å². The molecule has 1 N–H and O–H groups in total. The van der Waals surface area contributed by atoms with Gasteiger partial charge in [0.05, 0.1) is 4.90 Å². The monoisotopic (exact) mass is 440 g/mol. The van der Waals surface area contributed by atoms with Crippen molar-refractivity contribution >= 4 is 32.5 Å². The lowest BCUT2D eigenvalue weighted by Gasteiger charge is -2.15. The number of sulfonamides is 1. The summed E-state index contributed by atoms with van der Waals surface area (Å²) in [5.74, 6) is -0.0945. The van der Waals surface area contributed by atoms with Crippen LogP contribution in [0.4, 0.5) is 5.69 Å². The highest BCUT2D eigenvalue weighted by Crippen LogP contribution is 2.25. The number of anilines is 1. The van der Waals surface area contributed by atoms with Gasteiger partial charge in [0.1, 0.15) is 6.54 Å². The van der Waals surface area contributed by atoms with Crippen molar-refractivity contribution in [2.24, 2.45) is 0 Å². The molecule has 164 valence electrons. The molecule has 7 nitrogen and oxygen atoms in total. The van der Waals surface area contributed by atoms with E-state index < -0.39 is 10.0 Å². The van der Waals surface area contributed by atoms with Crippen LogP contribution in [0.5, 0.6) is 0 Å². The fourth-order valence-electron chi connectivity index (χ4n) is 3.88. The molecule has 1 saturated heterocycles. The molecule has 31 heavy (non-hydrogen) atoms. The number of carbonyl (C=O) groups is 1. The maximum Gasteiger partial charge on any atom is 0.243 e. The number of fused-ring (bicyclic) bond motifs is 1. The molecule has 4 rings (SSSR count). The Labute approximate surface area is 183 Å². The van der Waals surface area contributed by atoms with Crippen molar-refractivity contribution in [1.29, 1.82) is 0 Å². The number of benzene rings is 2. The van der Waals surface area contributed by atoms with Crippen LogP contribution in [0, 0.1) is 0 Å². The first kappa shape index (κ1) is 21.4. The first-order valence-electron chi connectivity index (χ1n) is 10.5. The van der Waals surface area contributed by atoms with E-state index in [2.05, 4.69) is 5.32 Å². The standard InChI is InChI=1S/C23H28N4O3S/c1-25(2)20-7-5-18(6-8-20)16-24-23(28)17-26-14-11-19-15-21(9-10-22(19)26)31(29,30)27-12-3-4-13-27/h5-11,14-15H,3-4,12-13,16-17H2,1-2H3,(H,24,28). The van der Waals surface area contributed by atoms with Crippen LogP contribution in [-0.2, 0) is 27.9 Å². The number of carbonyl (C=O) groups excluding carboxylic acids is 1. The molecular formula is C23H28N4O3S. The fourth-order valence-corrected chi connectivity index (χ4v) is 5.43. The lowest BCUT2D eigenvalue weighted by atomic mass is 10.2. The summed E-state index contributed by atoms with van der Waals surface area (Å²) in [7, 11) is 0.528. The minimum absolute atomic E-state index is 0.0945. The number of aromatic nitrogens is 1. The Bertz CT molecular complexity index is 1180. The second-order valence-electron chi connectivity index (χ2n) is 8.11. The summed E-state index contributed by atoms with van der Waals surface area (Å²) in [6, 6.07) is 15.0. The molecule has 0 atom stereocenters. The number of hydrogen-bond donors (Lipinski definition) is 1. The molecule has 1 aliphatic rings. The van der Waals surface area contributed by atoms with Gasteiger partial charge in [-0.2, -0.15) is 4.31 Å². The van der Waals surface area contributed by atoms with Crippen molar-refractivity contribution in [3.05, 3.63) is 60.3 Å². The van der Waals surface area contributed by atoms with Crippen molar-refractivity contribution in [1.82, 2.24) is 14.2 Å². The summed E-state index contributed by atoms with van der Waals surface area (Å²) in [5.41, 5.74) is 2.99. The Morgan fingerprint density at radius 2 is 1.74 bits per heavy atom. The number of amides is 1. The van der Waals surface area contributed by atoms with Crippen molar-refractivity contribution < 1.29 is 13.2 Å². The first-order chi connectivity index (χ1) is 14.8. The van der Waals surface area contributed by atoms with E-state index in [0.29, 0.717) is 24.5 Å². The predicted octanol–water partition coefficient (Wildman–Crippen LogP) is 2.81. The Morgan fingerprint density at radius 1 is 1.03 bits per heavy atom. The van der Waals surface area contributed by atoms with Gasteiger partial charge >= 0.3 is 0 Å². The summed E-state index contributed by atoms with van der Waals surface area (Å²) in [6.45, 7) is 1.81. The molecule has 2 heterocycles. The molecule has 0 saturated carbocycles. The predicted molar refractivity (Wildman–Crippen MR) is 123 cm³/mol. The van der Waals surface area contributed by atoms with Crippen LogP contribution in [0.15, 0.2) is 59.6 Å². The molecule has 0 spiro atoms. The number of rotatable bonds is 7. The molecule has 1 aromatic heterocycles. The summed E-state index contributed by atoms with van der Waals surface area (Å²) < 4.78 is 29.0. The smallest absolute Gasteiger partial charge is 0.243 e. The lowest BCUT2D eigenvalue weighted by Crippen LogP contribution is -2.28. The van der Waals surface area contributed by atoms with Crippen molar-refractivity contribution in [2.45, 2.75) is 30.8 Å². The van der Waals surface area contributed by atoms with Gasteiger partial charge in [-0.3, -0.25) is 4.79 Å². The van der Waals surface area contributed by atoms with Gasteiger partial charge in [0.2, 0.25) is 15.9 Å². The van der Waals surface area contributed by atoms with E-state index in [4.69, 9.17) is 0 Å². The Kier molecular flexibility index (Phi) is 6.02. The molecule has 0 bridgehead atoms. The van der Waals surface area contributed by atoms with Gasteiger partial charge < -0.3 is 14.8 Å². The second kappa shape index (κ2) is 8.72. The summed E-state index contributed by atoms with van der Waals surface area (Å²) >= 11 is 0. The maximum atomic E-state index is 12.8. The third kappa shape index (κ3) is 4.60. The molecule has 0 radical (unpaired) electrons. The van der Waals surface area contributed by atoms with Gasteiger partial charge in [-0.1, -0.05) is 12.1 Å². The van der Waals surface area contributed by atoms with Crippen molar-refractivity contribution in [3.63, 3.8) is 0 Å². The average Bonchev–Trinajstić information content (AvgIpc) is 3.43. The summed E-state index contributed by atoms with van der Waals surface area (Å²) in [6.07, 6.45) is 3.64. The normalized spacial score (nSPS) is 14.8. The highest BCUT2D eigenvalue weighted by molar-refractivity contribution is 7.89. The van der Waals surface area contributed by atoms with Gasteiger partial charge in [-0.25, -0.2) is 8.42 Å². The Balaban J connectivity index is 1.42. The quantitative estimate of drug-likeness (QED) is 0.613. The van der Waals surface area contributed by atoms with Crippen LogP contribution in [0.25, 0.3) is 10.9 Å². The molecule has 0 aliphatic carbocycles. The van der Waals surface area contributed by atoms with Crippen molar-refractivity contribution in [2.75, 3.05) is 32.1 Å². The van der Waals surface area contributed by atoms with E-state index in [1.807, 2.05) is 60.1 Å². The Hall–Kier alpha value is -2.84. The van der Waals surface area contributed by atoms with Crippen LogP contribution in [0.3, 0.4) is 0 Å². The SMILES string of the molecule is CN(C)c1ccc(CNC(=O)Cn2ccc3cc(S(=O)(=O)N4CCCC4)ccc32)cc1. The Morgan fingerprint density at radius 3 is 2.42 bits per heavy atom. The first-order valence-corrected chi connectivity index (χ1v) is 11.9. The molecule has 3 aromatic rings. The van der Waals surface area contributed by atoms with Gasteiger partial charge in [0, 0.05) is 56.5 Å². The minimum Gasteiger partial charge on any atom is -0.378 e. The van der Waals surface area contributed by atoms with E-state index in [9.17, 15) is 13.2 Å². The third-order valence-electron chi connectivity index (χ3n) is 5.70. The zero-order chi connectivity index (χ0) is 22.0. The topological polar surface area (TPSA) is 74.6 Å². The number of nitrogens with one attached hydrogen (secondary N) is 1. The molecule has 1 aliphatic heterocycles. The van der Waals surface area contributed by atoms with Gasteiger partial charge in [-0.15, -0.1) is 0 Å². The molecular weight excluding hydrogens is 412 g/mol. The third-order valence-corrected chi connectivity index (χ3v) is 7.60. The average molecular weight is 441 g/mol. The number of hydrogen-bond acceptors (Lipinski definition) is 4.